The zero-order chi connectivity index (χ0) is 17.2. The molecule has 2 fully saturated rings. The van der Waals surface area contributed by atoms with Gasteiger partial charge in [0, 0.05) is 32.0 Å². The van der Waals surface area contributed by atoms with Crippen LogP contribution in [-0.4, -0.2) is 52.4 Å². The lowest BCUT2D eigenvalue weighted by atomic mass is 10.0. The largest absolute Gasteiger partial charge is 0.441 e. The van der Waals surface area contributed by atoms with Crippen LogP contribution in [0.5, 0.6) is 0 Å². The number of hydrogen-bond donors (Lipinski definition) is 0. The molecule has 4 rings (SSSR count). The summed E-state index contributed by atoms with van der Waals surface area (Å²) in [5.41, 5.74) is 1.82. The number of fused-ring (bicyclic) bond motifs is 1. The highest BCUT2D eigenvalue weighted by Gasteiger charge is 2.38. The van der Waals surface area contributed by atoms with E-state index in [-0.39, 0.29) is 5.91 Å². The van der Waals surface area contributed by atoms with Crippen LogP contribution < -0.4 is 0 Å². The van der Waals surface area contributed by atoms with Gasteiger partial charge in [-0.2, -0.15) is 0 Å². The van der Waals surface area contributed by atoms with Crippen LogP contribution in [-0.2, 0) is 11.2 Å². The Labute approximate surface area is 149 Å². The summed E-state index contributed by atoms with van der Waals surface area (Å²) in [6, 6.07) is 8.90. The molecule has 0 unspecified atom stereocenters. The smallest absolute Gasteiger partial charge is 0.219 e. The van der Waals surface area contributed by atoms with Crippen molar-refractivity contribution in [2.45, 2.75) is 57.5 Å². The average Bonchev–Trinajstić information content (AvgIpc) is 3.33. The fourth-order valence-corrected chi connectivity index (χ4v) is 4.61. The molecule has 1 amide bonds. The Morgan fingerprint density at radius 2 is 2.00 bits per heavy atom. The normalized spacial score (nSPS) is 24.4. The van der Waals surface area contributed by atoms with Gasteiger partial charge >= 0.3 is 0 Å². The maximum Gasteiger partial charge on any atom is 0.219 e. The topological polar surface area (TPSA) is 49.6 Å². The quantitative estimate of drug-likeness (QED) is 0.838. The highest BCUT2D eigenvalue weighted by atomic mass is 16.3. The predicted molar refractivity (Wildman–Crippen MR) is 97.3 cm³/mol. The van der Waals surface area contributed by atoms with Crippen LogP contribution in [0.3, 0.4) is 0 Å². The Hall–Kier alpha value is -1.88. The van der Waals surface area contributed by atoms with Crippen LogP contribution in [0.1, 0.15) is 44.9 Å². The van der Waals surface area contributed by atoms with E-state index in [1.54, 1.807) is 6.92 Å². The van der Waals surface area contributed by atoms with Crippen molar-refractivity contribution >= 4 is 17.0 Å². The summed E-state index contributed by atoms with van der Waals surface area (Å²) in [5, 5.41) is 0. The highest BCUT2D eigenvalue weighted by molar-refractivity contribution is 5.74. The van der Waals surface area contributed by atoms with Gasteiger partial charge in [-0.1, -0.05) is 12.1 Å². The molecule has 5 heteroatoms. The standard InChI is InChI=1S/C20H27N3O2/c1-15(24)23-14-5-9-18(23)17-8-4-12-22(17)13-6-11-20-21-16-7-2-3-10-19(16)25-20/h2-3,7,10,17-18H,4-6,8-9,11-14H2,1H3/t17-,18-/m0/s1. The van der Waals surface area contributed by atoms with Gasteiger partial charge in [0.05, 0.1) is 0 Å². The highest BCUT2D eigenvalue weighted by Crippen LogP contribution is 2.30. The Morgan fingerprint density at radius 3 is 2.84 bits per heavy atom. The maximum atomic E-state index is 11.9. The molecule has 0 radical (unpaired) electrons. The molecule has 134 valence electrons. The number of aromatic nitrogens is 1. The molecule has 0 aliphatic carbocycles. The molecular formula is C20H27N3O2. The second-order valence-corrected chi connectivity index (χ2v) is 7.35. The minimum Gasteiger partial charge on any atom is -0.441 e. The number of rotatable bonds is 5. The molecule has 2 saturated heterocycles. The number of likely N-dealkylation sites (tertiary alicyclic amines) is 2. The van der Waals surface area contributed by atoms with Gasteiger partial charge in [0.15, 0.2) is 11.5 Å². The van der Waals surface area contributed by atoms with Gasteiger partial charge in [-0.3, -0.25) is 9.69 Å². The summed E-state index contributed by atoms with van der Waals surface area (Å²) < 4.78 is 5.83. The number of amides is 1. The van der Waals surface area contributed by atoms with Crippen molar-refractivity contribution in [2.24, 2.45) is 0 Å². The second kappa shape index (κ2) is 7.16. The summed E-state index contributed by atoms with van der Waals surface area (Å²) in [7, 11) is 0. The van der Waals surface area contributed by atoms with Crippen LogP contribution in [0.2, 0.25) is 0 Å². The Kier molecular flexibility index (Phi) is 4.75. The van der Waals surface area contributed by atoms with Crippen LogP contribution in [0.25, 0.3) is 11.1 Å². The fraction of sp³-hybridized carbons (Fsp3) is 0.600. The van der Waals surface area contributed by atoms with E-state index >= 15 is 0 Å². The molecule has 5 nitrogen and oxygen atoms in total. The molecule has 1 aromatic heterocycles. The third kappa shape index (κ3) is 3.43. The number of hydrogen-bond acceptors (Lipinski definition) is 4. The Morgan fingerprint density at radius 1 is 1.20 bits per heavy atom. The predicted octanol–water partition coefficient (Wildman–Crippen LogP) is 3.24. The molecular weight excluding hydrogens is 314 g/mol. The number of aryl methyl sites for hydroxylation is 1. The summed E-state index contributed by atoms with van der Waals surface area (Å²) in [5.74, 6) is 1.07. The van der Waals surface area contributed by atoms with Crippen LogP contribution in [0, 0.1) is 0 Å². The van der Waals surface area contributed by atoms with E-state index in [1.165, 1.54) is 12.8 Å². The van der Waals surface area contributed by atoms with E-state index in [2.05, 4.69) is 14.8 Å². The van der Waals surface area contributed by atoms with E-state index < -0.39 is 0 Å². The third-order valence-corrected chi connectivity index (χ3v) is 5.74. The molecule has 3 heterocycles. The lowest BCUT2D eigenvalue weighted by molar-refractivity contribution is -0.130. The number of carbonyl (C=O) groups excluding carboxylic acids is 1. The van der Waals surface area contributed by atoms with Gasteiger partial charge in [-0.25, -0.2) is 4.98 Å². The molecule has 1 aromatic carbocycles. The molecule has 0 bridgehead atoms. The molecule has 2 aromatic rings. The molecule has 0 N–H and O–H groups in total. The van der Waals surface area contributed by atoms with Crippen LogP contribution in [0.15, 0.2) is 28.7 Å². The van der Waals surface area contributed by atoms with E-state index in [1.807, 2.05) is 24.3 Å². The van der Waals surface area contributed by atoms with Crippen molar-refractivity contribution < 1.29 is 9.21 Å². The number of nitrogens with zero attached hydrogens (tertiary/aromatic N) is 3. The average molecular weight is 341 g/mol. The maximum absolute atomic E-state index is 11.9. The number of para-hydroxylation sites is 2. The number of benzene rings is 1. The molecule has 0 spiro atoms. The lowest BCUT2D eigenvalue weighted by Gasteiger charge is -2.34. The molecule has 25 heavy (non-hydrogen) atoms. The second-order valence-electron chi connectivity index (χ2n) is 7.35. The summed E-state index contributed by atoms with van der Waals surface area (Å²) in [6.07, 6.45) is 6.70. The van der Waals surface area contributed by atoms with Crippen molar-refractivity contribution in [1.29, 1.82) is 0 Å². The van der Waals surface area contributed by atoms with Crippen LogP contribution in [0.4, 0.5) is 0 Å². The van der Waals surface area contributed by atoms with Gasteiger partial charge in [-0.05, 0) is 57.3 Å². The molecule has 2 aliphatic rings. The first kappa shape index (κ1) is 16.6. The fourth-order valence-electron chi connectivity index (χ4n) is 4.61. The van der Waals surface area contributed by atoms with E-state index in [0.717, 1.165) is 62.3 Å². The first-order valence-corrected chi connectivity index (χ1v) is 9.58. The summed E-state index contributed by atoms with van der Waals surface area (Å²) >= 11 is 0. The monoisotopic (exact) mass is 341 g/mol. The Bertz CT molecular complexity index is 708. The van der Waals surface area contributed by atoms with E-state index in [0.29, 0.717) is 12.1 Å². The lowest BCUT2D eigenvalue weighted by Crippen LogP contribution is -2.47. The summed E-state index contributed by atoms with van der Waals surface area (Å²) in [4.78, 5) is 21.2. The number of carbonyl (C=O) groups is 1. The minimum atomic E-state index is 0.237. The SMILES string of the molecule is CC(=O)N1CCC[C@H]1[C@@H]1CCCN1CCCc1nc2ccccc2o1. The first-order valence-electron chi connectivity index (χ1n) is 9.58. The van der Waals surface area contributed by atoms with Crippen LogP contribution >= 0.6 is 0 Å². The third-order valence-electron chi connectivity index (χ3n) is 5.74. The van der Waals surface area contributed by atoms with Crippen molar-refractivity contribution in [1.82, 2.24) is 14.8 Å². The molecule has 0 saturated carbocycles. The summed E-state index contributed by atoms with van der Waals surface area (Å²) in [6.45, 7) is 4.87. The van der Waals surface area contributed by atoms with Gasteiger partial charge in [0.25, 0.3) is 0 Å². The first-order chi connectivity index (χ1) is 12.2. The van der Waals surface area contributed by atoms with Gasteiger partial charge in [0.1, 0.15) is 5.52 Å². The zero-order valence-electron chi connectivity index (χ0n) is 15.0. The van der Waals surface area contributed by atoms with Gasteiger partial charge < -0.3 is 9.32 Å². The van der Waals surface area contributed by atoms with Crippen molar-refractivity contribution in [3.05, 3.63) is 30.2 Å². The van der Waals surface area contributed by atoms with E-state index in [4.69, 9.17) is 4.42 Å². The van der Waals surface area contributed by atoms with E-state index in [9.17, 15) is 4.79 Å². The Balaban J connectivity index is 1.34. The molecule has 2 atom stereocenters. The van der Waals surface area contributed by atoms with Gasteiger partial charge in [0.2, 0.25) is 5.91 Å². The zero-order valence-corrected chi connectivity index (χ0v) is 15.0. The number of oxazole rings is 1. The molecule has 2 aliphatic heterocycles. The van der Waals surface area contributed by atoms with Crippen molar-refractivity contribution in [3.63, 3.8) is 0 Å². The van der Waals surface area contributed by atoms with Gasteiger partial charge in [-0.15, -0.1) is 0 Å². The minimum absolute atomic E-state index is 0.237. The van der Waals surface area contributed by atoms with Crippen molar-refractivity contribution in [2.75, 3.05) is 19.6 Å². The van der Waals surface area contributed by atoms with Crippen molar-refractivity contribution in [3.8, 4) is 0 Å².